The van der Waals surface area contributed by atoms with Gasteiger partial charge in [0.15, 0.2) is 6.61 Å². The highest BCUT2D eigenvalue weighted by Crippen LogP contribution is 2.30. The van der Waals surface area contributed by atoms with Gasteiger partial charge < -0.3 is 10.1 Å². The summed E-state index contributed by atoms with van der Waals surface area (Å²) in [6, 6.07) is 22.6. The van der Waals surface area contributed by atoms with Gasteiger partial charge in [0.2, 0.25) is 0 Å². The van der Waals surface area contributed by atoms with Gasteiger partial charge in [0.1, 0.15) is 10.8 Å². The molecule has 0 aliphatic heterocycles. The Bertz CT molecular complexity index is 1060. The normalized spacial score (nSPS) is 10.7. The second-order valence-corrected chi connectivity index (χ2v) is 7.33. The summed E-state index contributed by atoms with van der Waals surface area (Å²) in [7, 11) is 0. The summed E-state index contributed by atoms with van der Waals surface area (Å²) in [6.07, 6.45) is 0. The number of hydrogen-bond acceptors (Lipinski definition) is 4. The van der Waals surface area contributed by atoms with Crippen LogP contribution in [0.15, 0.2) is 72.8 Å². The first-order valence-electron chi connectivity index (χ1n) is 8.32. The van der Waals surface area contributed by atoms with E-state index in [0.717, 1.165) is 20.8 Å². The highest BCUT2D eigenvalue weighted by molar-refractivity contribution is 7.21. The van der Waals surface area contributed by atoms with Gasteiger partial charge >= 0.3 is 0 Å². The molecule has 0 fully saturated rings. The summed E-state index contributed by atoms with van der Waals surface area (Å²) in [4.78, 5) is 16.7. The molecule has 134 valence electrons. The predicted octanol–water partition coefficient (Wildman–Crippen LogP) is 5.63. The molecule has 0 spiro atoms. The SMILES string of the molecule is O=C(COc1cccc(Cl)c1)Nc1ccc(-c2nc3ccccc3s2)cc1. The minimum absolute atomic E-state index is 0.0834. The monoisotopic (exact) mass is 394 g/mol. The minimum Gasteiger partial charge on any atom is -0.484 e. The predicted molar refractivity (Wildman–Crippen MR) is 111 cm³/mol. The van der Waals surface area contributed by atoms with E-state index in [-0.39, 0.29) is 12.5 Å². The Morgan fingerprint density at radius 2 is 1.85 bits per heavy atom. The summed E-state index contributed by atoms with van der Waals surface area (Å²) in [5.41, 5.74) is 2.72. The van der Waals surface area contributed by atoms with Gasteiger partial charge in [0, 0.05) is 16.3 Å². The zero-order valence-electron chi connectivity index (χ0n) is 14.2. The van der Waals surface area contributed by atoms with Crippen LogP contribution >= 0.6 is 22.9 Å². The Morgan fingerprint density at radius 1 is 1.04 bits per heavy atom. The molecule has 27 heavy (non-hydrogen) atoms. The molecule has 1 amide bonds. The van der Waals surface area contributed by atoms with E-state index in [0.29, 0.717) is 16.5 Å². The van der Waals surface area contributed by atoms with E-state index < -0.39 is 0 Å². The van der Waals surface area contributed by atoms with E-state index in [1.54, 1.807) is 35.6 Å². The molecule has 1 aromatic heterocycles. The number of ether oxygens (including phenoxy) is 1. The number of fused-ring (bicyclic) bond motifs is 1. The lowest BCUT2D eigenvalue weighted by molar-refractivity contribution is -0.118. The van der Waals surface area contributed by atoms with E-state index in [1.807, 2.05) is 42.5 Å². The molecule has 0 bridgehead atoms. The first-order chi connectivity index (χ1) is 13.2. The molecule has 4 nitrogen and oxygen atoms in total. The van der Waals surface area contributed by atoms with Crippen molar-refractivity contribution >= 4 is 44.7 Å². The number of nitrogens with zero attached hydrogens (tertiary/aromatic N) is 1. The molecule has 0 unspecified atom stereocenters. The second-order valence-electron chi connectivity index (χ2n) is 5.86. The van der Waals surface area contributed by atoms with Crippen molar-refractivity contribution in [3.8, 4) is 16.3 Å². The topological polar surface area (TPSA) is 51.2 Å². The molecule has 0 aliphatic carbocycles. The van der Waals surface area contributed by atoms with Crippen LogP contribution in [0.3, 0.4) is 0 Å². The summed E-state index contributed by atoms with van der Waals surface area (Å²) in [5, 5.41) is 4.34. The third-order valence-electron chi connectivity index (χ3n) is 3.88. The van der Waals surface area contributed by atoms with Crippen LogP contribution in [0.5, 0.6) is 5.75 Å². The van der Waals surface area contributed by atoms with Crippen molar-refractivity contribution in [2.24, 2.45) is 0 Å². The second kappa shape index (κ2) is 7.78. The summed E-state index contributed by atoms with van der Waals surface area (Å²) >= 11 is 7.54. The fourth-order valence-electron chi connectivity index (χ4n) is 2.59. The van der Waals surface area contributed by atoms with Crippen LogP contribution in [0.25, 0.3) is 20.8 Å². The van der Waals surface area contributed by atoms with Gasteiger partial charge in [-0.3, -0.25) is 4.79 Å². The van der Waals surface area contributed by atoms with Crippen molar-refractivity contribution in [3.63, 3.8) is 0 Å². The number of anilines is 1. The van der Waals surface area contributed by atoms with E-state index in [2.05, 4.69) is 16.4 Å². The highest BCUT2D eigenvalue weighted by atomic mass is 35.5. The van der Waals surface area contributed by atoms with Gasteiger partial charge in [0.25, 0.3) is 5.91 Å². The Kier molecular flexibility index (Phi) is 5.05. The van der Waals surface area contributed by atoms with Crippen molar-refractivity contribution in [1.82, 2.24) is 4.98 Å². The number of para-hydroxylation sites is 1. The molecule has 6 heteroatoms. The van der Waals surface area contributed by atoms with Crippen molar-refractivity contribution in [1.29, 1.82) is 0 Å². The third-order valence-corrected chi connectivity index (χ3v) is 5.20. The molecular formula is C21H15ClN2O2S. The lowest BCUT2D eigenvalue weighted by atomic mass is 10.2. The highest BCUT2D eigenvalue weighted by Gasteiger charge is 2.07. The number of halogens is 1. The molecule has 4 rings (SSSR count). The van der Waals surface area contributed by atoms with Crippen molar-refractivity contribution in [2.45, 2.75) is 0 Å². The average Bonchev–Trinajstić information content (AvgIpc) is 3.11. The van der Waals surface area contributed by atoms with Crippen LogP contribution in [0, 0.1) is 0 Å². The molecule has 1 N–H and O–H groups in total. The molecule has 0 saturated heterocycles. The molecule has 0 radical (unpaired) electrons. The number of benzene rings is 3. The quantitative estimate of drug-likeness (QED) is 0.477. The molecule has 3 aromatic carbocycles. The summed E-state index contributed by atoms with van der Waals surface area (Å²) < 4.78 is 6.60. The van der Waals surface area contributed by atoms with E-state index in [1.165, 1.54) is 0 Å². The molecule has 1 heterocycles. The fraction of sp³-hybridized carbons (Fsp3) is 0.0476. The van der Waals surface area contributed by atoms with Crippen molar-refractivity contribution < 1.29 is 9.53 Å². The van der Waals surface area contributed by atoms with Gasteiger partial charge in [-0.05, 0) is 54.6 Å². The summed E-state index contributed by atoms with van der Waals surface area (Å²) in [5.74, 6) is 0.326. The first-order valence-corrected chi connectivity index (χ1v) is 9.51. The Labute approximate surface area is 165 Å². The van der Waals surface area contributed by atoms with Crippen LogP contribution in [0.2, 0.25) is 5.02 Å². The zero-order chi connectivity index (χ0) is 18.6. The number of aromatic nitrogens is 1. The van der Waals surface area contributed by atoms with Crippen molar-refractivity contribution in [3.05, 3.63) is 77.8 Å². The number of carbonyl (C=O) groups excluding carboxylic acids is 1. The molecule has 4 aromatic rings. The smallest absolute Gasteiger partial charge is 0.262 e. The van der Waals surface area contributed by atoms with Gasteiger partial charge in [-0.2, -0.15) is 0 Å². The third kappa shape index (κ3) is 4.27. The Morgan fingerprint density at radius 3 is 2.63 bits per heavy atom. The van der Waals surface area contributed by atoms with Crippen molar-refractivity contribution in [2.75, 3.05) is 11.9 Å². The standard InChI is InChI=1S/C21H15ClN2O2S/c22-15-4-3-5-17(12-15)26-13-20(25)23-16-10-8-14(9-11-16)21-24-18-6-1-2-7-19(18)27-21/h1-12H,13H2,(H,23,25). The lowest BCUT2D eigenvalue weighted by Gasteiger charge is -2.08. The maximum atomic E-state index is 12.1. The van der Waals surface area contributed by atoms with Crippen LogP contribution in [0.1, 0.15) is 0 Å². The number of rotatable bonds is 5. The number of nitrogens with one attached hydrogen (secondary N) is 1. The largest absolute Gasteiger partial charge is 0.484 e. The number of hydrogen-bond donors (Lipinski definition) is 1. The molecular weight excluding hydrogens is 380 g/mol. The van der Waals surface area contributed by atoms with Crippen LogP contribution < -0.4 is 10.1 Å². The Hall–Kier alpha value is -2.89. The lowest BCUT2D eigenvalue weighted by Crippen LogP contribution is -2.20. The van der Waals surface area contributed by atoms with E-state index in [9.17, 15) is 4.79 Å². The average molecular weight is 395 g/mol. The van der Waals surface area contributed by atoms with Crippen LogP contribution in [0.4, 0.5) is 5.69 Å². The minimum atomic E-state index is -0.234. The van der Waals surface area contributed by atoms with Gasteiger partial charge in [0.05, 0.1) is 10.2 Å². The molecule has 0 saturated carbocycles. The van der Waals surface area contributed by atoms with Gasteiger partial charge in [-0.1, -0.05) is 29.8 Å². The maximum Gasteiger partial charge on any atom is 0.262 e. The van der Waals surface area contributed by atoms with E-state index in [4.69, 9.17) is 16.3 Å². The molecule has 0 atom stereocenters. The van der Waals surface area contributed by atoms with E-state index >= 15 is 0 Å². The Balaban J connectivity index is 1.39. The van der Waals surface area contributed by atoms with Crippen LogP contribution in [-0.4, -0.2) is 17.5 Å². The summed E-state index contributed by atoms with van der Waals surface area (Å²) in [6.45, 7) is -0.0834. The van der Waals surface area contributed by atoms with Gasteiger partial charge in [-0.25, -0.2) is 4.98 Å². The fourth-order valence-corrected chi connectivity index (χ4v) is 3.75. The van der Waals surface area contributed by atoms with Crippen LogP contribution in [-0.2, 0) is 4.79 Å². The zero-order valence-corrected chi connectivity index (χ0v) is 15.8. The maximum absolute atomic E-state index is 12.1. The number of carbonyl (C=O) groups is 1. The number of amides is 1. The van der Waals surface area contributed by atoms with Gasteiger partial charge in [-0.15, -0.1) is 11.3 Å². The number of thiazole rings is 1. The molecule has 0 aliphatic rings. The first kappa shape index (κ1) is 17.5.